The number of rotatable bonds is 14. The van der Waals surface area contributed by atoms with E-state index >= 15 is 0 Å². The molecule has 0 unspecified atom stereocenters. The van der Waals surface area contributed by atoms with Gasteiger partial charge in [0.05, 0.1) is 4.90 Å². The van der Waals surface area contributed by atoms with Gasteiger partial charge in [-0.05, 0) is 43.0 Å². The number of carbonyl (C=O) groups is 2. The highest BCUT2D eigenvalue weighted by Gasteiger charge is 2.25. The van der Waals surface area contributed by atoms with Gasteiger partial charge in [0.15, 0.2) is 0 Å². The lowest BCUT2D eigenvalue weighted by Crippen LogP contribution is -2.47. The van der Waals surface area contributed by atoms with Crippen LogP contribution in [-0.4, -0.2) is 44.3 Å². The third-order valence-corrected chi connectivity index (χ3v) is 7.20. The predicted molar refractivity (Wildman–Crippen MR) is 135 cm³/mol. The third kappa shape index (κ3) is 8.57. The molecule has 8 heteroatoms. The molecule has 186 valence electrons. The van der Waals surface area contributed by atoms with Crippen LogP contribution < -0.4 is 10.0 Å². The molecule has 2 amide bonds. The van der Waals surface area contributed by atoms with Crippen LogP contribution in [0.5, 0.6) is 0 Å². The van der Waals surface area contributed by atoms with Crippen molar-refractivity contribution < 1.29 is 18.0 Å². The Kier molecular flexibility index (Phi) is 11.2. The highest BCUT2D eigenvalue weighted by atomic mass is 32.2. The van der Waals surface area contributed by atoms with E-state index in [9.17, 15) is 18.0 Å². The molecule has 0 bridgehead atoms. The van der Waals surface area contributed by atoms with Gasteiger partial charge >= 0.3 is 0 Å². The predicted octanol–water partition coefficient (Wildman–Crippen LogP) is 3.64. The maximum Gasteiger partial charge on any atom is 0.242 e. The van der Waals surface area contributed by atoms with Crippen LogP contribution in [0.3, 0.4) is 0 Å². The highest BCUT2D eigenvalue weighted by Crippen LogP contribution is 2.15. The van der Waals surface area contributed by atoms with Crippen molar-refractivity contribution in [2.75, 3.05) is 13.1 Å². The van der Waals surface area contributed by atoms with Crippen molar-refractivity contribution >= 4 is 21.8 Å². The maximum absolute atomic E-state index is 13.2. The maximum atomic E-state index is 13.2. The van der Waals surface area contributed by atoms with Gasteiger partial charge < -0.3 is 10.2 Å². The van der Waals surface area contributed by atoms with E-state index in [-0.39, 0.29) is 23.1 Å². The Morgan fingerprint density at radius 3 is 2.24 bits per heavy atom. The van der Waals surface area contributed by atoms with Crippen molar-refractivity contribution in [2.45, 2.75) is 70.4 Å². The first-order valence-electron chi connectivity index (χ1n) is 12.0. The molecule has 2 N–H and O–H groups in total. The third-order valence-electron chi connectivity index (χ3n) is 5.64. The molecule has 7 nitrogen and oxygen atoms in total. The molecular formula is C26H37N3O4S. The van der Waals surface area contributed by atoms with Crippen LogP contribution >= 0.6 is 0 Å². The SMILES string of the molecule is CCCCCNC(=O)[C@@H](C)N(Cc1ccccc1)C(=O)CCc1ccc(S(=O)(=O)NCC)cc1. The van der Waals surface area contributed by atoms with Crippen molar-refractivity contribution in [2.24, 2.45) is 0 Å². The van der Waals surface area contributed by atoms with Gasteiger partial charge in [-0.25, -0.2) is 13.1 Å². The van der Waals surface area contributed by atoms with Gasteiger partial charge in [0, 0.05) is 26.1 Å². The summed E-state index contributed by atoms with van der Waals surface area (Å²) in [6, 6.07) is 15.6. The second-order valence-electron chi connectivity index (χ2n) is 8.33. The molecule has 0 saturated carbocycles. The zero-order chi connectivity index (χ0) is 25.0. The van der Waals surface area contributed by atoms with E-state index in [0.717, 1.165) is 30.4 Å². The first kappa shape index (κ1) is 27.5. The van der Waals surface area contributed by atoms with Gasteiger partial charge in [-0.3, -0.25) is 9.59 Å². The molecule has 0 radical (unpaired) electrons. The van der Waals surface area contributed by atoms with Gasteiger partial charge in [-0.15, -0.1) is 0 Å². The second-order valence-corrected chi connectivity index (χ2v) is 10.1. The number of benzene rings is 2. The van der Waals surface area contributed by atoms with Crippen molar-refractivity contribution in [1.29, 1.82) is 0 Å². The summed E-state index contributed by atoms with van der Waals surface area (Å²) >= 11 is 0. The minimum atomic E-state index is -3.51. The topological polar surface area (TPSA) is 95.6 Å². The van der Waals surface area contributed by atoms with Crippen LogP contribution in [0, 0.1) is 0 Å². The first-order valence-corrected chi connectivity index (χ1v) is 13.5. The van der Waals surface area contributed by atoms with E-state index < -0.39 is 16.1 Å². The molecule has 0 aromatic heterocycles. The zero-order valence-corrected chi connectivity index (χ0v) is 21.2. The number of unbranched alkanes of at least 4 members (excludes halogenated alkanes) is 2. The Labute approximate surface area is 204 Å². The van der Waals surface area contributed by atoms with E-state index in [1.807, 2.05) is 30.3 Å². The Hall–Kier alpha value is -2.71. The molecule has 0 aliphatic heterocycles. The summed E-state index contributed by atoms with van der Waals surface area (Å²) in [5.74, 6) is -0.275. The van der Waals surface area contributed by atoms with Gasteiger partial charge in [-0.2, -0.15) is 0 Å². The normalized spacial score (nSPS) is 12.2. The molecule has 0 saturated heterocycles. The van der Waals surface area contributed by atoms with Gasteiger partial charge in [0.1, 0.15) is 6.04 Å². The van der Waals surface area contributed by atoms with Crippen LogP contribution in [0.25, 0.3) is 0 Å². The van der Waals surface area contributed by atoms with E-state index in [1.165, 1.54) is 0 Å². The fourth-order valence-corrected chi connectivity index (χ4v) is 4.64. The molecule has 34 heavy (non-hydrogen) atoms. The number of nitrogens with one attached hydrogen (secondary N) is 2. The highest BCUT2D eigenvalue weighted by molar-refractivity contribution is 7.89. The van der Waals surface area contributed by atoms with Crippen molar-refractivity contribution in [1.82, 2.24) is 14.9 Å². The Morgan fingerprint density at radius 1 is 0.941 bits per heavy atom. The number of aryl methyl sites for hydroxylation is 1. The number of nitrogens with zero attached hydrogens (tertiary/aromatic N) is 1. The van der Waals surface area contributed by atoms with Crippen LogP contribution in [0.2, 0.25) is 0 Å². The summed E-state index contributed by atoms with van der Waals surface area (Å²) in [4.78, 5) is 27.7. The largest absolute Gasteiger partial charge is 0.354 e. The average molecular weight is 488 g/mol. The lowest BCUT2D eigenvalue weighted by Gasteiger charge is -2.29. The fourth-order valence-electron chi connectivity index (χ4n) is 3.60. The van der Waals surface area contributed by atoms with E-state index in [4.69, 9.17) is 0 Å². The molecule has 0 spiro atoms. The Morgan fingerprint density at radius 2 is 1.62 bits per heavy atom. The van der Waals surface area contributed by atoms with Crippen molar-refractivity contribution in [3.63, 3.8) is 0 Å². The molecule has 0 aliphatic rings. The molecule has 0 aliphatic carbocycles. The molecule has 2 rings (SSSR count). The van der Waals surface area contributed by atoms with Crippen LogP contribution in [0.1, 0.15) is 57.6 Å². The summed E-state index contributed by atoms with van der Waals surface area (Å²) in [5, 5.41) is 2.95. The monoisotopic (exact) mass is 487 g/mol. The molecule has 2 aromatic rings. The van der Waals surface area contributed by atoms with Crippen molar-refractivity contribution in [3.8, 4) is 0 Å². The Bertz CT molecular complexity index is 1010. The second kappa shape index (κ2) is 13.9. The Balaban J connectivity index is 2.06. The standard InChI is InChI=1S/C26H37N3O4S/c1-4-6-10-19-27-26(31)21(3)29(20-23-11-8-7-9-12-23)25(30)18-15-22-13-16-24(17-14-22)34(32,33)28-5-2/h7-9,11-14,16-17,21,28H,4-6,10,15,18-20H2,1-3H3,(H,27,31)/t21-/m1/s1. The molecule has 1 atom stereocenters. The number of sulfonamides is 1. The summed E-state index contributed by atoms with van der Waals surface area (Å²) < 4.78 is 26.7. The van der Waals surface area contributed by atoms with Crippen LogP contribution in [-0.2, 0) is 32.6 Å². The molecule has 0 heterocycles. The van der Waals surface area contributed by atoms with E-state index in [0.29, 0.717) is 26.1 Å². The van der Waals surface area contributed by atoms with E-state index in [2.05, 4.69) is 17.0 Å². The fraction of sp³-hybridized carbons (Fsp3) is 0.462. The van der Waals surface area contributed by atoms with Crippen LogP contribution in [0.4, 0.5) is 0 Å². The average Bonchev–Trinajstić information content (AvgIpc) is 2.84. The van der Waals surface area contributed by atoms with E-state index in [1.54, 1.807) is 43.0 Å². The smallest absolute Gasteiger partial charge is 0.242 e. The van der Waals surface area contributed by atoms with Crippen LogP contribution in [0.15, 0.2) is 59.5 Å². The summed E-state index contributed by atoms with van der Waals surface area (Å²) in [5.41, 5.74) is 1.82. The lowest BCUT2D eigenvalue weighted by molar-refractivity contribution is -0.140. The minimum Gasteiger partial charge on any atom is -0.354 e. The first-order chi connectivity index (χ1) is 16.3. The number of hydrogen-bond acceptors (Lipinski definition) is 4. The van der Waals surface area contributed by atoms with Gasteiger partial charge in [-0.1, -0.05) is 69.2 Å². The number of amides is 2. The zero-order valence-electron chi connectivity index (χ0n) is 20.4. The lowest BCUT2D eigenvalue weighted by atomic mass is 10.1. The molecular weight excluding hydrogens is 450 g/mol. The van der Waals surface area contributed by atoms with Gasteiger partial charge in [0.2, 0.25) is 21.8 Å². The number of carbonyl (C=O) groups excluding carboxylic acids is 2. The quantitative estimate of drug-likeness (QED) is 0.398. The molecule has 2 aromatic carbocycles. The summed E-state index contributed by atoms with van der Waals surface area (Å²) in [7, 11) is -3.51. The van der Waals surface area contributed by atoms with Crippen molar-refractivity contribution in [3.05, 3.63) is 65.7 Å². The molecule has 0 fully saturated rings. The van der Waals surface area contributed by atoms with Gasteiger partial charge in [0.25, 0.3) is 0 Å². The minimum absolute atomic E-state index is 0.121. The number of hydrogen-bond donors (Lipinski definition) is 2. The summed E-state index contributed by atoms with van der Waals surface area (Å²) in [6.07, 6.45) is 3.72. The summed E-state index contributed by atoms with van der Waals surface area (Å²) in [6.45, 7) is 6.87.